The van der Waals surface area contributed by atoms with Gasteiger partial charge in [0.25, 0.3) is 0 Å². The topological polar surface area (TPSA) is 78.9 Å². The van der Waals surface area contributed by atoms with Crippen molar-refractivity contribution in [3.8, 4) is 6.07 Å². The summed E-state index contributed by atoms with van der Waals surface area (Å²) in [6, 6.07) is 9.03. The number of primary amides is 1. The van der Waals surface area contributed by atoms with Crippen LogP contribution in [-0.2, 0) is 0 Å². The smallest absolute Gasteiger partial charge is 0.248 e. The van der Waals surface area contributed by atoms with Gasteiger partial charge >= 0.3 is 0 Å². The van der Waals surface area contributed by atoms with Crippen molar-refractivity contribution in [2.24, 2.45) is 5.73 Å². The number of rotatable bonds is 4. The first-order valence-corrected chi connectivity index (χ1v) is 4.67. The zero-order valence-corrected chi connectivity index (χ0v) is 8.53. The third kappa shape index (κ3) is 3.31. The normalized spacial score (nSPS) is 11.5. The number of hydrogen-bond acceptors (Lipinski definition) is 3. The summed E-state index contributed by atoms with van der Waals surface area (Å²) in [4.78, 5) is 10.8. The largest absolute Gasteiger partial charge is 0.382 e. The average molecular weight is 203 g/mol. The highest BCUT2D eigenvalue weighted by Gasteiger charge is 2.02. The summed E-state index contributed by atoms with van der Waals surface area (Å²) in [6.07, 6.45) is 0.442. The van der Waals surface area contributed by atoms with Gasteiger partial charge in [0.2, 0.25) is 5.91 Å². The Morgan fingerprint density at radius 3 is 2.60 bits per heavy atom. The number of anilines is 1. The van der Waals surface area contributed by atoms with Gasteiger partial charge in [-0.2, -0.15) is 5.26 Å². The molecule has 4 nitrogen and oxygen atoms in total. The second kappa shape index (κ2) is 5.01. The molecule has 0 aliphatic rings. The predicted octanol–water partition coefficient (Wildman–Crippen LogP) is 1.50. The van der Waals surface area contributed by atoms with E-state index in [0.29, 0.717) is 12.0 Å². The molecule has 1 aromatic rings. The molecular weight excluding hydrogens is 190 g/mol. The van der Waals surface area contributed by atoms with Crippen LogP contribution in [0.25, 0.3) is 0 Å². The lowest BCUT2D eigenvalue weighted by molar-refractivity contribution is 0.100. The van der Waals surface area contributed by atoms with Crippen LogP contribution >= 0.6 is 0 Å². The van der Waals surface area contributed by atoms with Gasteiger partial charge in [0.15, 0.2) is 0 Å². The molecular formula is C11H13N3O. The fourth-order valence-electron chi connectivity index (χ4n) is 1.20. The minimum Gasteiger partial charge on any atom is -0.382 e. The fraction of sp³-hybridized carbons (Fsp3) is 0.273. The molecule has 0 aliphatic carbocycles. The van der Waals surface area contributed by atoms with E-state index >= 15 is 0 Å². The van der Waals surface area contributed by atoms with Crippen molar-refractivity contribution < 1.29 is 4.79 Å². The maximum Gasteiger partial charge on any atom is 0.248 e. The first kappa shape index (κ1) is 11.1. The van der Waals surface area contributed by atoms with E-state index in [1.165, 1.54) is 0 Å². The minimum atomic E-state index is -0.438. The summed E-state index contributed by atoms with van der Waals surface area (Å²) in [6.45, 7) is 1.92. The first-order valence-electron chi connectivity index (χ1n) is 4.67. The average Bonchev–Trinajstić information content (AvgIpc) is 2.18. The molecule has 0 saturated heterocycles. The summed E-state index contributed by atoms with van der Waals surface area (Å²) in [5.41, 5.74) is 6.47. The lowest BCUT2D eigenvalue weighted by atomic mass is 10.2. The summed E-state index contributed by atoms with van der Waals surface area (Å²) < 4.78 is 0. The van der Waals surface area contributed by atoms with Crippen LogP contribution in [0.3, 0.4) is 0 Å². The molecule has 78 valence electrons. The van der Waals surface area contributed by atoms with Gasteiger partial charge in [0, 0.05) is 17.3 Å². The molecule has 0 saturated carbocycles. The van der Waals surface area contributed by atoms with Crippen LogP contribution in [0, 0.1) is 11.3 Å². The number of benzene rings is 1. The van der Waals surface area contributed by atoms with Crippen molar-refractivity contribution >= 4 is 11.6 Å². The lowest BCUT2D eigenvalue weighted by Gasteiger charge is -2.11. The molecule has 1 amide bonds. The molecule has 0 bridgehead atoms. The number of nitrogens with zero attached hydrogens (tertiary/aromatic N) is 1. The molecule has 1 aromatic carbocycles. The van der Waals surface area contributed by atoms with Crippen LogP contribution in [-0.4, -0.2) is 11.9 Å². The Labute approximate surface area is 88.7 Å². The van der Waals surface area contributed by atoms with E-state index in [1.807, 2.05) is 6.92 Å². The van der Waals surface area contributed by atoms with Gasteiger partial charge in [-0.3, -0.25) is 4.79 Å². The number of nitrogens with one attached hydrogen (secondary N) is 1. The highest BCUT2D eigenvalue weighted by molar-refractivity contribution is 5.93. The Morgan fingerprint density at radius 1 is 1.53 bits per heavy atom. The first-order chi connectivity index (χ1) is 7.13. The predicted molar refractivity (Wildman–Crippen MR) is 58.3 cm³/mol. The second-order valence-corrected chi connectivity index (χ2v) is 3.35. The second-order valence-electron chi connectivity index (χ2n) is 3.35. The maximum atomic E-state index is 10.8. The molecule has 1 atom stereocenters. The van der Waals surface area contributed by atoms with E-state index in [2.05, 4.69) is 11.4 Å². The van der Waals surface area contributed by atoms with Crippen LogP contribution in [0.5, 0.6) is 0 Å². The summed E-state index contributed by atoms with van der Waals surface area (Å²) in [7, 11) is 0. The quantitative estimate of drug-likeness (QED) is 0.778. The Hall–Kier alpha value is -2.02. The van der Waals surface area contributed by atoms with Gasteiger partial charge < -0.3 is 11.1 Å². The minimum absolute atomic E-state index is 0.0921. The Balaban J connectivity index is 2.65. The molecule has 15 heavy (non-hydrogen) atoms. The third-order valence-corrected chi connectivity index (χ3v) is 1.98. The van der Waals surface area contributed by atoms with Gasteiger partial charge in [0.05, 0.1) is 12.5 Å². The summed E-state index contributed by atoms with van der Waals surface area (Å²) >= 11 is 0. The monoisotopic (exact) mass is 203 g/mol. The molecule has 0 heterocycles. The third-order valence-electron chi connectivity index (χ3n) is 1.98. The van der Waals surface area contributed by atoms with Crippen molar-refractivity contribution in [2.45, 2.75) is 19.4 Å². The molecule has 1 rings (SSSR count). The van der Waals surface area contributed by atoms with Crippen molar-refractivity contribution in [3.63, 3.8) is 0 Å². The van der Waals surface area contributed by atoms with Crippen LogP contribution in [0.1, 0.15) is 23.7 Å². The van der Waals surface area contributed by atoms with Gasteiger partial charge in [-0.05, 0) is 31.2 Å². The van der Waals surface area contributed by atoms with E-state index in [9.17, 15) is 4.79 Å². The summed E-state index contributed by atoms with van der Waals surface area (Å²) in [5, 5.41) is 11.6. The zero-order chi connectivity index (χ0) is 11.3. The van der Waals surface area contributed by atoms with E-state index in [0.717, 1.165) is 5.69 Å². The fourth-order valence-corrected chi connectivity index (χ4v) is 1.20. The number of hydrogen-bond donors (Lipinski definition) is 2. The van der Waals surface area contributed by atoms with E-state index in [-0.39, 0.29) is 6.04 Å². The standard InChI is InChI=1S/C11H13N3O/c1-8(6-7-12)14-10-4-2-9(3-5-10)11(13)15/h2-5,8,14H,6H2,1H3,(H2,13,15). The van der Waals surface area contributed by atoms with Gasteiger partial charge in [0.1, 0.15) is 0 Å². The molecule has 0 aliphatic heterocycles. The van der Waals surface area contributed by atoms with Crippen molar-refractivity contribution in [3.05, 3.63) is 29.8 Å². The molecule has 0 fully saturated rings. The molecule has 0 aromatic heterocycles. The molecule has 0 radical (unpaired) electrons. The number of carbonyl (C=O) groups is 1. The van der Waals surface area contributed by atoms with Gasteiger partial charge in [-0.1, -0.05) is 0 Å². The highest BCUT2D eigenvalue weighted by Crippen LogP contribution is 2.11. The number of amides is 1. The Morgan fingerprint density at radius 2 is 2.13 bits per heavy atom. The van der Waals surface area contributed by atoms with Crippen LogP contribution < -0.4 is 11.1 Å². The highest BCUT2D eigenvalue weighted by atomic mass is 16.1. The number of nitrogens with two attached hydrogens (primary N) is 1. The van der Waals surface area contributed by atoms with E-state index < -0.39 is 5.91 Å². The van der Waals surface area contributed by atoms with Crippen LogP contribution in [0.4, 0.5) is 5.69 Å². The molecule has 4 heteroatoms. The summed E-state index contributed by atoms with van der Waals surface area (Å²) in [5.74, 6) is -0.438. The SMILES string of the molecule is CC(CC#N)Nc1ccc(C(N)=O)cc1. The van der Waals surface area contributed by atoms with Gasteiger partial charge in [-0.25, -0.2) is 0 Å². The van der Waals surface area contributed by atoms with Crippen LogP contribution in [0.15, 0.2) is 24.3 Å². The Bertz CT molecular complexity index is 378. The maximum absolute atomic E-state index is 10.8. The molecule has 1 unspecified atom stereocenters. The van der Waals surface area contributed by atoms with Crippen molar-refractivity contribution in [1.29, 1.82) is 5.26 Å². The zero-order valence-electron chi connectivity index (χ0n) is 8.53. The number of nitriles is 1. The van der Waals surface area contributed by atoms with E-state index in [4.69, 9.17) is 11.0 Å². The number of carbonyl (C=O) groups excluding carboxylic acids is 1. The molecule has 3 N–H and O–H groups in total. The molecule has 0 spiro atoms. The van der Waals surface area contributed by atoms with Crippen molar-refractivity contribution in [1.82, 2.24) is 0 Å². The lowest BCUT2D eigenvalue weighted by Crippen LogP contribution is -2.14. The van der Waals surface area contributed by atoms with Crippen LogP contribution in [0.2, 0.25) is 0 Å². The Kier molecular flexibility index (Phi) is 3.69. The van der Waals surface area contributed by atoms with E-state index in [1.54, 1.807) is 24.3 Å². The van der Waals surface area contributed by atoms with Crippen molar-refractivity contribution in [2.75, 3.05) is 5.32 Å². The van der Waals surface area contributed by atoms with Gasteiger partial charge in [-0.15, -0.1) is 0 Å².